The number of rotatable bonds is 6. The van der Waals surface area contributed by atoms with Crippen molar-refractivity contribution >= 4 is 15.9 Å². The van der Waals surface area contributed by atoms with E-state index in [4.69, 9.17) is 4.74 Å². The zero-order valence-corrected chi connectivity index (χ0v) is 22.3. The molecule has 0 unspecified atom stereocenters. The number of nitrogens with zero attached hydrogens (tertiary/aromatic N) is 4. The summed E-state index contributed by atoms with van der Waals surface area (Å²) < 4.78 is 35.1. The first-order chi connectivity index (χ1) is 18.1. The van der Waals surface area contributed by atoms with E-state index in [0.717, 1.165) is 5.56 Å². The quantitative estimate of drug-likeness (QED) is 0.515. The minimum Gasteiger partial charge on any atom is -0.487 e. The van der Waals surface area contributed by atoms with Gasteiger partial charge in [0.05, 0.1) is 30.3 Å². The van der Waals surface area contributed by atoms with Crippen molar-refractivity contribution in [1.29, 1.82) is 5.26 Å². The average molecular weight is 535 g/mol. The number of benzene rings is 2. The first kappa shape index (κ1) is 27.3. The molecule has 1 aliphatic heterocycles. The fraction of sp³-hybridized carbons (Fsp3) is 0.321. The summed E-state index contributed by atoms with van der Waals surface area (Å²) >= 11 is 0. The number of pyridine rings is 1. The van der Waals surface area contributed by atoms with Crippen molar-refractivity contribution in [3.63, 3.8) is 0 Å². The third-order valence-electron chi connectivity index (χ3n) is 6.70. The van der Waals surface area contributed by atoms with E-state index < -0.39 is 22.2 Å². The van der Waals surface area contributed by atoms with Crippen LogP contribution in [-0.2, 0) is 10.0 Å². The van der Waals surface area contributed by atoms with Crippen molar-refractivity contribution < 1.29 is 23.1 Å². The maximum absolute atomic E-state index is 13.7. The molecule has 0 fully saturated rings. The molecule has 0 spiro atoms. The number of carbonyl (C=O) groups is 1. The molecule has 38 heavy (non-hydrogen) atoms. The second kappa shape index (κ2) is 11.3. The monoisotopic (exact) mass is 534 g/mol. The minimum absolute atomic E-state index is 0.0175. The van der Waals surface area contributed by atoms with Gasteiger partial charge in [-0.05, 0) is 54.4 Å². The lowest BCUT2D eigenvalue weighted by molar-refractivity contribution is 0.0563. The highest BCUT2D eigenvalue weighted by Gasteiger charge is 2.38. The summed E-state index contributed by atoms with van der Waals surface area (Å²) in [4.78, 5) is 18.5. The minimum atomic E-state index is -4.00. The van der Waals surface area contributed by atoms with Crippen molar-refractivity contribution in [1.82, 2.24) is 14.2 Å². The van der Waals surface area contributed by atoms with Crippen LogP contribution in [0.3, 0.4) is 0 Å². The van der Waals surface area contributed by atoms with E-state index in [1.165, 1.54) is 21.5 Å². The van der Waals surface area contributed by atoms with E-state index in [1.54, 1.807) is 62.6 Å². The molecular weight excluding hydrogens is 504 g/mol. The molecule has 1 amide bonds. The van der Waals surface area contributed by atoms with Gasteiger partial charge in [0.1, 0.15) is 16.7 Å². The molecule has 0 aliphatic carbocycles. The van der Waals surface area contributed by atoms with E-state index >= 15 is 0 Å². The number of ether oxygens (including phenoxy) is 1. The number of hydrogen-bond donors (Lipinski definition) is 1. The fourth-order valence-corrected chi connectivity index (χ4v) is 6.28. The third-order valence-corrected chi connectivity index (χ3v) is 8.72. The lowest BCUT2D eigenvalue weighted by Gasteiger charge is -2.37. The smallest absolute Gasteiger partial charge is 0.255 e. The molecular formula is C28H30N4O5S. The van der Waals surface area contributed by atoms with Gasteiger partial charge in [-0.2, -0.15) is 9.57 Å². The highest BCUT2D eigenvalue weighted by Crippen LogP contribution is 2.36. The van der Waals surface area contributed by atoms with Gasteiger partial charge in [0.25, 0.3) is 5.91 Å². The van der Waals surface area contributed by atoms with Gasteiger partial charge in [0.2, 0.25) is 10.0 Å². The Morgan fingerprint density at radius 2 is 2.00 bits per heavy atom. The van der Waals surface area contributed by atoms with Gasteiger partial charge in [-0.1, -0.05) is 25.1 Å². The Morgan fingerprint density at radius 3 is 2.68 bits per heavy atom. The number of aliphatic hydroxyl groups excluding tert-OH is 1. The number of hydrogen-bond acceptors (Lipinski definition) is 7. The van der Waals surface area contributed by atoms with Gasteiger partial charge in [-0.15, -0.1) is 0 Å². The SMILES string of the molecule is C[C@H](CO)N1C[C@H](C)[C@H](CN(C)C(=O)c2cccnc2)Oc2cc(-c3cccc(C#N)c3)ccc2S1(=O)=O. The zero-order valence-electron chi connectivity index (χ0n) is 21.5. The molecule has 9 nitrogen and oxygen atoms in total. The summed E-state index contributed by atoms with van der Waals surface area (Å²) in [5.74, 6) is -0.396. The lowest BCUT2D eigenvalue weighted by Crippen LogP contribution is -2.50. The van der Waals surface area contributed by atoms with Crippen LogP contribution in [-0.4, -0.2) is 72.5 Å². The van der Waals surface area contributed by atoms with Crippen LogP contribution >= 0.6 is 0 Å². The Bertz CT molecular complexity index is 1460. The van der Waals surface area contributed by atoms with Crippen molar-refractivity contribution in [2.24, 2.45) is 5.92 Å². The van der Waals surface area contributed by atoms with Gasteiger partial charge in [0.15, 0.2) is 0 Å². The maximum Gasteiger partial charge on any atom is 0.255 e. The Hall–Kier alpha value is -3.78. The molecule has 4 rings (SSSR count). The second-order valence-corrected chi connectivity index (χ2v) is 11.4. The third kappa shape index (κ3) is 5.55. The molecule has 0 saturated carbocycles. The van der Waals surface area contributed by atoms with Crippen molar-refractivity contribution in [2.45, 2.75) is 30.9 Å². The number of aliphatic hydroxyl groups is 1. The van der Waals surface area contributed by atoms with Crippen molar-refractivity contribution in [3.05, 3.63) is 78.1 Å². The molecule has 0 bridgehead atoms. The van der Waals surface area contributed by atoms with Crippen LogP contribution in [0.1, 0.15) is 29.8 Å². The largest absolute Gasteiger partial charge is 0.487 e. The summed E-state index contributed by atoms with van der Waals surface area (Å²) in [5.41, 5.74) is 2.34. The van der Waals surface area contributed by atoms with E-state index in [9.17, 15) is 23.6 Å². The van der Waals surface area contributed by atoms with Crippen LogP contribution < -0.4 is 4.74 Å². The van der Waals surface area contributed by atoms with Gasteiger partial charge < -0.3 is 14.7 Å². The number of aromatic nitrogens is 1. The van der Waals surface area contributed by atoms with Gasteiger partial charge in [0, 0.05) is 37.9 Å². The Labute approximate surface area is 223 Å². The molecule has 1 N–H and O–H groups in total. The molecule has 2 heterocycles. The van der Waals surface area contributed by atoms with Crippen LogP contribution in [0.2, 0.25) is 0 Å². The van der Waals surface area contributed by atoms with Crippen LogP contribution in [0.25, 0.3) is 11.1 Å². The lowest BCUT2D eigenvalue weighted by atomic mass is 10.0. The summed E-state index contributed by atoms with van der Waals surface area (Å²) in [5, 5.41) is 19.1. The van der Waals surface area contributed by atoms with E-state index in [1.807, 2.05) is 13.0 Å². The predicted molar refractivity (Wildman–Crippen MR) is 142 cm³/mol. The van der Waals surface area contributed by atoms with Crippen LogP contribution in [0.15, 0.2) is 71.9 Å². The number of fused-ring (bicyclic) bond motifs is 1. The fourth-order valence-electron chi connectivity index (χ4n) is 4.45. The van der Waals surface area contributed by atoms with Crippen molar-refractivity contribution in [3.8, 4) is 22.9 Å². The zero-order chi connectivity index (χ0) is 27.4. The van der Waals surface area contributed by atoms with Gasteiger partial charge in [-0.3, -0.25) is 9.78 Å². The molecule has 10 heteroatoms. The Morgan fingerprint density at radius 1 is 1.24 bits per heavy atom. The topological polar surface area (TPSA) is 124 Å². The number of sulfonamides is 1. The molecule has 1 aromatic heterocycles. The van der Waals surface area contributed by atoms with E-state index in [0.29, 0.717) is 16.7 Å². The normalized spacial score (nSPS) is 19.7. The average Bonchev–Trinajstić information content (AvgIpc) is 2.94. The molecule has 2 aromatic carbocycles. The molecule has 0 saturated heterocycles. The molecule has 1 aliphatic rings. The van der Waals surface area contributed by atoms with Crippen molar-refractivity contribution in [2.75, 3.05) is 26.7 Å². The number of likely N-dealkylation sites (N-methyl/N-ethyl adjacent to an activating group) is 1. The summed E-state index contributed by atoms with van der Waals surface area (Å²) in [6.45, 7) is 3.48. The molecule has 3 atom stereocenters. The first-order valence-electron chi connectivity index (χ1n) is 12.2. The molecule has 3 aromatic rings. The van der Waals surface area contributed by atoms with E-state index in [-0.39, 0.29) is 42.2 Å². The number of amides is 1. The van der Waals surface area contributed by atoms with E-state index in [2.05, 4.69) is 11.1 Å². The first-order valence-corrected chi connectivity index (χ1v) is 13.7. The summed E-state index contributed by atoms with van der Waals surface area (Å²) in [7, 11) is -2.34. The standard InChI is InChI=1S/C28H30N4O5S/c1-19-16-32(20(2)18-33)38(35,36)27-10-9-23(22-7-4-6-21(12-22)14-29)13-25(27)37-26(19)17-31(3)28(34)24-8-5-11-30-15-24/h4-13,15,19-20,26,33H,16-18H2,1-3H3/t19-,20+,26-/m0/s1. The van der Waals surface area contributed by atoms with Crippen LogP contribution in [0.5, 0.6) is 5.75 Å². The second-order valence-electron chi connectivity index (χ2n) is 9.52. The number of carbonyl (C=O) groups excluding carboxylic acids is 1. The highest BCUT2D eigenvalue weighted by molar-refractivity contribution is 7.89. The highest BCUT2D eigenvalue weighted by atomic mass is 32.2. The van der Waals surface area contributed by atoms with Crippen LogP contribution in [0.4, 0.5) is 0 Å². The summed E-state index contributed by atoms with van der Waals surface area (Å²) in [6, 6.07) is 16.7. The number of nitriles is 1. The van der Waals surface area contributed by atoms with Gasteiger partial charge in [-0.25, -0.2) is 8.42 Å². The summed E-state index contributed by atoms with van der Waals surface area (Å²) in [6.07, 6.45) is 2.54. The maximum atomic E-state index is 13.7. The van der Waals surface area contributed by atoms with Gasteiger partial charge >= 0.3 is 0 Å². The Balaban J connectivity index is 1.76. The molecule has 198 valence electrons. The molecule has 0 radical (unpaired) electrons. The Kier molecular flexibility index (Phi) is 8.11. The predicted octanol–water partition coefficient (Wildman–Crippen LogP) is 3.16. The van der Waals surface area contributed by atoms with Crippen LogP contribution in [0, 0.1) is 17.2 Å².